The summed E-state index contributed by atoms with van der Waals surface area (Å²) < 4.78 is 12.3. The van der Waals surface area contributed by atoms with Crippen LogP contribution in [0.2, 0.25) is 0 Å². The summed E-state index contributed by atoms with van der Waals surface area (Å²) in [4.78, 5) is 36.3. The summed E-state index contributed by atoms with van der Waals surface area (Å²) in [6.45, 7) is 4.02. The number of nitrogens with zero attached hydrogens (tertiary/aromatic N) is 1. The summed E-state index contributed by atoms with van der Waals surface area (Å²) in [7, 11) is 0. The molecule has 0 aliphatic heterocycles. The average Bonchev–Trinajstić information content (AvgIpc) is 3.44. The summed E-state index contributed by atoms with van der Waals surface area (Å²) >= 11 is 0. The van der Waals surface area contributed by atoms with Gasteiger partial charge in [-0.05, 0) is 50.2 Å². The molecule has 0 spiro atoms. The lowest BCUT2D eigenvalue weighted by molar-refractivity contribution is -0.152. The number of benzene rings is 2. The minimum Gasteiger partial charge on any atom is -0.459 e. The quantitative estimate of drug-likeness (QED) is 0.433. The van der Waals surface area contributed by atoms with Crippen molar-refractivity contribution in [2.24, 2.45) is 0 Å². The molecule has 0 aliphatic rings. The van der Waals surface area contributed by atoms with Gasteiger partial charge in [-0.3, -0.25) is 14.4 Å². The number of carbonyl (C=O) groups excluding carboxylic acids is 3. The first-order valence-corrected chi connectivity index (χ1v) is 10.3. The smallest absolute Gasteiger partial charge is 0.326 e. The summed E-state index contributed by atoms with van der Waals surface area (Å²) in [5, 5.41) is 7.31. The van der Waals surface area contributed by atoms with E-state index in [1.807, 2.05) is 30.3 Å². The Morgan fingerprint density at radius 3 is 2.56 bits per heavy atom. The Balaban J connectivity index is 1.40. The number of anilines is 1. The fourth-order valence-electron chi connectivity index (χ4n) is 3.66. The van der Waals surface area contributed by atoms with E-state index < -0.39 is 23.9 Å². The molecule has 1 unspecified atom stereocenters. The van der Waals surface area contributed by atoms with E-state index in [0.717, 1.165) is 28.4 Å². The molecule has 8 nitrogen and oxygen atoms in total. The van der Waals surface area contributed by atoms with Gasteiger partial charge in [-0.2, -0.15) is 0 Å². The van der Waals surface area contributed by atoms with Crippen molar-refractivity contribution in [3.05, 3.63) is 66.6 Å². The lowest BCUT2D eigenvalue weighted by Crippen LogP contribution is -2.35. The van der Waals surface area contributed by atoms with Crippen molar-refractivity contribution >= 4 is 45.3 Å². The van der Waals surface area contributed by atoms with Crippen molar-refractivity contribution in [1.82, 2.24) is 9.88 Å². The monoisotopic (exact) mass is 433 g/mol. The SMILES string of the molecule is CCn1c2ccccc2c2cc(NC(=O)C(C)OC(=O)CNC(=O)c3ccco3)ccc21. The molecule has 32 heavy (non-hydrogen) atoms. The van der Waals surface area contributed by atoms with Crippen LogP contribution in [0, 0.1) is 0 Å². The van der Waals surface area contributed by atoms with E-state index in [1.54, 1.807) is 6.07 Å². The van der Waals surface area contributed by atoms with E-state index in [-0.39, 0.29) is 12.3 Å². The molecule has 1 atom stereocenters. The molecule has 4 aromatic rings. The minimum absolute atomic E-state index is 0.0865. The molecule has 2 amide bonds. The highest BCUT2D eigenvalue weighted by atomic mass is 16.5. The van der Waals surface area contributed by atoms with Crippen LogP contribution in [0.4, 0.5) is 5.69 Å². The van der Waals surface area contributed by atoms with Gasteiger partial charge >= 0.3 is 5.97 Å². The molecule has 2 N–H and O–H groups in total. The van der Waals surface area contributed by atoms with E-state index in [4.69, 9.17) is 9.15 Å². The Labute approximate surface area is 184 Å². The maximum Gasteiger partial charge on any atom is 0.326 e. The lowest BCUT2D eigenvalue weighted by atomic mass is 10.1. The molecule has 0 radical (unpaired) electrons. The number of aryl methyl sites for hydroxylation is 1. The zero-order valence-corrected chi connectivity index (χ0v) is 17.8. The second-order valence-corrected chi connectivity index (χ2v) is 7.27. The second kappa shape index (κ2) is 8.97. The van der Waals surface area contributed by atoms with E-state index in [9.17, 15) is 14.4 Å². The van der Waals surface area contributed by atoms with E-state index in [0.29, 0.717) is 5.69 Å². The van der Waals surface area contributed by atoms with Crippen LogP contribution in [-0.2, 0) is 20.9 Å². The number of para-hydroxylation sites is 1. The number of esters is 1. The molecule has 0 fully saturated rings. The maximum atomic E-state index is 12.5. The highest BCUT2D eigenvalue weighted by Crippen LogP contribution is 2.31. The first-order chi connectivity index (χ1) is 15.5. The van der Waals surface area contributed by atoms with Crippen LogP contribution in [-0.4, -0.2) is 35.0 Å². The fourth-order valence-corrected chi connectivity index (χ4v) is 3.66. The summed E-state index contributed by atoms with van der Waals surface area (Å²) in [6, 6.07) is 16.9. The normalized spacial score (nSPS) is 11.9. The van der Waals surface area contributed by atoms with E-state index in [2.05, 4.69) is 34.3 Å². The van der Waals surface area contributed by atoms with Gasteiger partial charge in [-0.25, -0.2) is 0 Å². The first-order valence-electron chi connectivity index (χ1n) is 10.3. The second-order valence-electron chi connectivity index (χ2n) is 7.27. The molecule has 4 rings (SSSR count). The number of nitrogens with one attached hydrogen (secondary N) is 2. The molecule has 0 bridgehead atoms. The van der Waals surface area contributed by atoms with Gasteiger partial charge in [0.2, 0.25) is 0 Å². The van der Waals surface area contributed by atoms with E-state index in [1.165, 1.54) is 19.3 Å². The van der Waals surface area contributed by atoms with Gasteiger partial charge in [-0.1, -0.05) is 18.2 Å². The van der Waals surface area contributed by atoms with Crippen LogP contribution in [0.3, 0.4) is 0 Å². The van der Waals surface area contributed by atoms with Gasteiger partial charge in [0, 0.05) is 34.0 Å². The van der Waals surface area contributed by atoms with Gasteiger partial charge in [0.25, 0.3) is 11.8 Å². The predicted molar refractivity (Wildman–Crippen MR) is 120 cm³/mol. The summed E-state index contributed by atoms with van der Waals surface area (Å²) in [5.74, 6) is -1.64. The number of hydrogen-bond acceptors (Lipinski definition) is 5. The number of hydrogen-bond donors (Lipinski definition) is 2. The van der Waals surface area contributed by atoms with Crippen molar-refractivity contribution < 1.29 is 23.5 Å². The number of rotatable bonds is 7. The number of amides is 2. The minimum atomic E-state index is -1.03. The van der Waals surface area contributed by atoms with Gasteiger partial charge < -0.3 is 24.4 Å². The third-order valence-electron chi connectivity index (χ3n) is 5.17. The van der Waals surface area contributed by atoms with Crippen molar-refractivity contribution in [3.8, 4) is 0 Å². The molecule has 0 saturated carbocycles. The third-order valence-corrected chi connectivity index (χ3v) is 5.17. The highest BCUT2D eigenvalue weighted by molar-refractivity contribution is 6.10. The first kappa shape index (κ1) is 21.2. The molecule has 2 aromatic heterocycles. The van der Waals surface area contributed by atoms with Crippen LogP contribution in [0.5, 0.6) is 0 Å². The predicted octanol–water partition coefficient (Wildman–Crippen LogP) is 3.71. The van der Waals surface area contributed by atoms with Crippen LogP contribution >= 0.6 is 0 Å². The Bertz CT molecular complexity index is 1290. The largest absolute Gasteiger partial charge is 0.459 e. The van der Waals surface area contributed by atoms with Gasteiger partial charge in [-0.15, -0.1) is 0 Å². The van der Waals surface area contributed by atoms with Crippen LogP contribution in [0.25, 0.3) is 21.8 Å². The Morgan fingerprint density at radius 2 is 1.81 bits per heavy atom. The maximum absolute atomic E-state index is 12.5. The number of carbonyl (C=O) groups is 3. The summed E-state index contributed by atoms with van der Waals surface area (Å²) in [6.07, 6.45) is 0.326. The number of furan rings is 1. The van der Waals surface area contributed by atoms with Gasteiger partial charge in [0.05, 0.1) is 6.26 Å². The van der Waals surface area contributed by atoms with E-state index >= 15 is 0 Å². The molecular weight excluding hydrogens is 410 g/mol. The van der Waals surface area contributed by atoms with Crippen LogP contribution in [0.15, 0.2) is 65.3 Å². The summed E-state index contributed by atoms with van der Waals surface area (Å²) in [5.41, 5.74) is 2.82. The molecule has 8 heteroatoms. The topological polar surface area (TPSA) is 103 Å². The number of ether oxygens (including phenoxy) is 1. The highest BCUT2D eigenvalue weighted by Gasteiger charge is 2.19. The van der Waals surface area contributed by atoms with Crippen LogP contribution in [0.1, 0.15) is 24.4 Å². The fraction of sp³-hybridized carbons (Fsp3) is 0.208. The number of fused-ring (bicyclic) bond motifs is 3. The van der Waals surface area contributed by atoms with Gasteiger partial charge in [0.1, 0.15) is 6.54 Å². The zero-order chi connectivity index (χ0) is 22.7. The average molecular weight is 433 g/mol. The standard InChI is InChI=1S/C24H23N3O5/c1-3-27-19-8-5-4-7-17(19)18-13-16(10-11-20(18)27)26-23(29)15(2)32-22(28)14-25-24(30)21-9-6-12-31-21/h4-13,15H,3,14H2,1-2H3,(H,25,30)(H,26,29). The molecule has 164 valence electrons. The van der Waals surface area contributed by atoms with Crippen molar-refractivity contribution in [3.63, 3.8) is 0 Å². The molecule has 2 aromatic carbocycles. The molecule has 2 heterocycles. The van der Waals surface area contributed by atoms with Crippen LogP contribution < -0.4 is 10.6 Å². The molecule has 0 saturated heterocycles. The van der Waals surface area contributed by atoms with Crippen molar-refractivity contribution in [1.29, 1.82) is 0 Å². The lowest BCUT2D eigenvalue weighted by Gasteiger charge is -2.14. The zero-order valence-electron chi connectivity index (χ0n) is 17.8. The third kappa shape index (κ3) is 4.20. The number of aromatic nitrogens is 1. The molecule has 0 aliphatic carbocycles. The molecular formula is C24H23N3O5. The Kier molecular flexibility index (Phi) is 5.93. The Morgan fingerprint density at radius 1 is 1.03 bits per heavy atom. The Hall–Kier alpha value is -4.07. The van der Waals surface area contributed by atoms with Crippen molar-refractivity contribution in [2.75, 3.05) is 11.9 Å². The van der Waals surface area contributed by atoms with Crippen molar-refractivity contribution in [2.45, 2.75) is 26.5 Å². The van der Waals surface area contributed by atoms with Gasteiger partial charge in [0.15, 0.2) is 11.9 Å².